The molecule has 1 unspecified atom stereocenters. The number of hydrogen-bond donors (Lipinski definition) is 0. The van der Waals surface area contributed by atoms with Gasteiger partial charge in [0.1, 0.15) is 16.0 Å². The standard InChI is InChI=1S/C12H7Cl4NO4S/c13-8-6-9(10(14)12(15,16)11(8)18)17-21-22(19,20)7-4-2-1-3-5-7/h1-6,10H/b17-9+. The Morgan fingerprint density at radius 1 is 1.18 bits per heavy atom. The number of nitrogens with zero attached hydrogens (tertiary/aromatic N) is 1. The lowest BCUT2D eigenvalue weighted by molar-refractivity contribution is -0.115. The van der Waals surface area contributed by atoms with Crippen molar-refractivity contribution in [2.75, 3.05) is 0 Å². The van der Waals surface area contributed by atoms with Crippen LogP contribution < -0.4 is 0 Å². The molecule has 10 heteroatoms. The van der Waals surface area contributed by atoms with Crippen LogP contribution >= 0.6 is 46.4 Å². The lowest BCUT2D eigenvalue weighted by atomic mass is 10.0. The van der Waals surface area contributed by atoms with Crippen molar-refractivity contribution >= 4 is 68.0 Å². The van der Waals surface area contributed by atoms with Crippen molar-refractivity contribution < 1.29 is 17.5 Å². The van der Waals surface area contributed by atoms with Crippen LogP contribution in [-0.2, 0) is 19.2 Å². The van der Waals surface area contributed by atoms with E-state index in [2.05, 4.69) is 9.44 Å². The highest BCUT2D eigenvalue weighted by atomic mass is 35.5. The molecule has 0 bridgehead atoms. The first-order chi connectivity index (χ1) is 10.2. The van der Waals surface area contributed by atoms with Crippen LogP contribution in [0.2, 0.25) is 0 Å². The van der Waals surface area contributed by atoms with Crippen molar-refractivity contribution in [3.8, 4) is 0 Å². The molecule has 0 aliphatic heterocycles. The van der Waals surface area contributed by atoms with Gasteiger partial charge in [-0.15, -0.1) is 11.6 Å². The average molecular weight is 403 g/mol. The Balaban J connectivity index is 2.33. The second-order valence-electron chi connectivity index (χ2n) is 4.16. The van der Waals surface area contributed by atoms with E-state index in [9.17, 15) is 13.2 Å². The number of oxime groups is 1. The minimum atomic E-state index is -4.14. The molecule has 0 spiro atoms. The number of rotatable bonds is 3. The SMILES string of the molecule is O=C1C(Cl)=C/C(=N\OS(=O)(=O)c2ccccc2)C(Cl)C1(Cl)Cl. The summed E-state index contributed by atoms with van der Waals surface area (Å²) in [7, 11) is -4.14. The Kier molecular flexibility index (Phi) is 5.09. The van der Waals surface area contributed by atoms with Crippen LogP contribution in [0.1, 0.15) is 0 Å². The summed E-state index contributed by atoms with van der Waals surface area (Å²) in [6.45, 7) is 0. The fraction of sp³-hybridized carbons (Fsp3) is 0.167. The summed E-state index contributed by atoms with van der Waals surface area (Å²) >= 11 is 23.2. The fourth-order valence-corrected chi connectivity index (χ4v) is 3.27. The number of allylic oxidation sites excluding steroid dienone is 2. The van der Waals surface area contributed by atoms with Crippen molar-refractivity contribution in [1.82, 2.24) is 0 Å². The van der Waals surface area contributed by atoms with Gasteiger partial charge >= 0.3 is 10.1 Å². The molecule has 118 valence electrons. The first kappa shape index (κ1) is 17.6. The molecular weight excluding hydrogens is 396 g/mol. The van der Waals surface area contributed by atoms with E-state index in [-0.39, 0.29) is 15.6 Å². The van der Waals surface area contributed by atoms with Gasteiger partial charge in [-0.3, -0.25) is 9.08 Å². The zero-order chi connectivity index (χ0) is 16.5. The smallest absolute Gasteiger partial charge is 0.290 e. The number of alkyl halides is 3. The van der Waals surface area contributed by atoms with Crippen molar-refractivity contribution in [3.63, 3.8) is 0 Å². The molecule has 0 aromatic heterocycles. The number of carbonyl (C=O) groups is 1. The minimum Gasteiger partial charge on any atom is -0.290 e. The molecule has 1 aromatic rings. The molecule has 1 aliphatic carbocycles. The molecule has 0 fully saturated rings. The summed E-state index contributed by atoms with van der Waals surface area (Å²) in [5, 5.41) is 1.75. The van der Waals surface area contributed by atoms with Gasteiger partial charge in [0.15, 0.2) is 0 Å². The lowest BCUT2D eigenvalue weighted by Gasteiger charge is -2.26. The summed E-state index contributed by atoms with van der Waals surface area (Å²) in [5.41, 5.74) is -0.184. The van der Waals surface area contributed by atoms with E-state index in [1.165, 1.54) is 24.3 Å². The molecule has 1 aliphatic rings. The van der Waals surface area contributed by atoms with E-state index in [1.807, 2.05) is 0 Å². The Morgan fingerprint density at radius 2 is 1.77 bits per heavy atom. The van der Waals surface area contributed by atoms with E-state index in [0.717, 1.165) is 6.08 Å². The number of benzene rings is 1. The molecule has 0 radical (unpaired) electrons. The molecule has 0 N–H and O–H groups in total. The van der Waals surface area contributed by atoms with Crippen LogP contribution in [0, 0.1) is 0 Å². The second kappa shape index (κ2) is 6.37. The topological polar surface area (TPSA) is 72.8 Å². The van der Waals surface area contributed by atoms with Gasteiger partial charge in [0, 0.05) is 0 Å². The molecule has 0 saturated carbocycles. The maximum Gasteiger partial charge on any atom is 0.358 e. The minimum absolute atomic E-state index is 0.101. The highest BCUT2D eigenvalue weighted by Crippen LogP contribution is 2.38. The predicted octanol–water partition coefficient (Wildman–Crippen LogP) is 3.23. The number of ketones is 1. The van der Waals surface area contributed by atoms with E-state index in [1.54, 1.807) is 6.07 Å². The molecule has 22 heavy (non-hydrogen) atoms. The molecular formula is C12H7Cl4NO4S. The Bertz CT molecular complexity index is 759. The Morgan fingerprint density at radius 3 is 2.36 bits per heavy atom. The molecule has 5 nitrogen and oxygen atoms in total. The van der Waals surface area contributed by atoms with E-state index < -0.39 is 25.6 Å². The normalized spacial score (nSPS) is 23.3. The van der Waals surface area contributed by atoms with Gasteiger partial charge in [0.2, 0.25) is 10.1 Å². The van der Waals surface area contributed by atoms with Crippen molar-refractivity contribution in [3.05, 3.63) is 41.4 Å². The number of hydrogen-bond acceptors (Lipinski definition) is 5. The van der Waals surface area contributed by atoms with Crippen LogP contribution in [0.15, 0.2) is 51.5 Å². The van der Waals surface area contributed by atoms with Gasteiger partial charge in [-0.1, -0.05) is 58.2 Å². The number of carbonyl (C=O) groups excluding carboxylic acids is 1. The van der Waals surface area contributed by atoms with Crippen LogP contribution in [0.5, 0.6) is 0 Å². The van der Waals surface area contributed by atoms with Gasteiger partial charge in [0.05, 0.1) is 5.03 Å². The van der Waals surface area contributed by atoms with E-state index in [4.69, 9.17) is 46.4 Å². The Labute approximate surface area is 146 Å². The maximum absolute atomic E-state index is 11.9. The molecule has 1 atom stereocenters. The zero-order valence-electron chi connectivity index (χ0n) is 10.5. The van der Waals surface area contributed by atoms with Gasteiger partial charge < -0.3 is 0 Å². The van der Waals surface area contributed by atoms with Gasteiger partial charge in [-0.05, 0) is 18.2 Å². The summed E-state index contributed by atoms with van der Waals surface area (Å²) < 4.78 is 26.3. The second-order valence-corrected chi connectivity index (χ2v) is 7.92. The third-order valence-electron chi connectivity index (χ3n) is 2.64. The highest BCUT2D eigenvalue weighted by Gasteiger charge is 2.48. The number of halogens is 4. The van der Waals surface area contributed by atoms with Crippen LogP contribution in [-0.4, -0.2) is 29.6 Å². The third kappa shape index (κ3) is 3.41. The van der Waals surface area contributed by atoms with E-state index in [0.29, 0.717) is 0 Å². The van der Waals surface area contributed by atoms with Crippen molar-refractivity contribution in [2.24, 2.45) is 5.16 Å². The quantitative estimate of drug-likeness (QED) is 0.574. The summed E-state index contributed by atoms with van der Waals surface area (Å²) in [5.74, 6) is -0.803. The van der Waals surface area contributed by atoms with Gasteiger partial charge in [-0.25, -0.2) is 0 Å². The van der Waals surface area contributed by atoms with Crippen LogP contribution in [0.25, 0.3) is 0 Å². The number of Topliss-reactive ketones (excluding diaryl/α,β-unsaturated/α-hetero) is 1. The molecule has 1 aromatic carbocycles. The summed E-state index contributed by atoms with van der Waals surface area (Å²) in [6, 6.07) is 7.34. The maximum atomic E-state index is 11.9. The first-order valence-corrected chi connectivity index (χ1v) is 8.64. The van der Waals surface area contributed by atoms with Crippen molar-refractivity contribution in [1.29, 1.82) is 0 Å². The largest absolute Gasteiger partial charge is 0.358 e. The lowest BCUT2D eigenvalue weighted by Crippen LogP contribution is -2.44. The first-order valence-electron chi connectivity index (χ1n) is 5.66. The molecule has 0 amide bonds. The average Bonchev–Trinajstić information content (AvgIpc) is 2.49. The fourth-order valence-electron chi connectivity index (χ4n) is 1.52. The van der Waals surface area contributed by atoms with E-state index >= 15 is 0 Å². The zero-order valence-corrected chi connectivity index (χ0v) is 14.4. The summed E-state index contributed by atoms with van der Waals surface area (Å²) in [6.07, 6.45) is 1.05. The molecule has 0 saturated heterocycles. The van der Waals surface area contributed by atoms with Gasteiger partial charge in [0.25, 0.3) is 0 Å². The van der Waals surface area contributed by atoms with Gasteiger partial charge in [-0.2, -0.15) is 8.42 Å². The van der Waals surface area contributed by atoms with Crippen LogP contribution in [0.3, 0.4) is 0 Å². The molecule has 2 rings (SSSR count). The highest BCUT2D eigenvalue weighted by molar-refractivity contribution is 7.86. The monoisotopic (exact) mass is 401 g/mol. The molecule has 0 heterocycles. The Hall–Kier alpha value is -0.790. The third-order valence-corrected chi connectivity index (χ3v) is 5.60. The van der Waals surface area contributed by atoms with Crippen molar-refractivity contribution in [2.45, 2.75) is 14.6 Å². The predicted molar refractivity (Wildman–Crippen MR) is 85.2 cm³/mol. The van der Waals surface area contributed by atoms with Crippen LogP contribution in [0.4, 0.5) is 0 Å². The summed E-state index contributed by atoms with van der Waals surface area (Å²) in [4.78, 5) is 11.6.